The number of nitrogens with zero attached hydrogens (tertiary/aromatic N) is 4. The third kappa shape index (κ3) is 9.96. The van der Waals surface area contributed by atoms with Gasteiger partial charge in [-0.25, -0.2) is 0 Å². The monoisotopic (exact) mass is 788 g/mol. The molecule has 0 fully saturated rings. The number of benzene rings is 4. The van der Waals surface area contributed by atoms with Gasteiger partial charge in [-0.2, -0.15) is 37.3 Å². The fourth-order valence-electron chi connectivity index (χ4n) is 4.43. The number of para-hydroxylation sites is 2. The third-order valence-electron chi connectivity index (χ3n) is 6.88. The second-order valence-corrected chi connectivity index (χ2v) is 14.3. The van der Waals surface area contributed by atoms with Gasteiger partial charge >= 0.3 is 0 Å². The Hall–Kier alpha value is -5.24. The van der Waals surface area contributed by atoms with Crippen LogP contribution in [0.15, 0.2) is 115 Å². The quantitative estimate of drug-likeness (QED) is 0.0649. The maximum absolute atomic E-state index is 12.8. The minimum atomic E-state index is -5.13. The molecule has 4 N–H and O–H groups in total. The van der Waals surface area contributed by atoms with E-state index < -0.39 is 76.6 Å². The summed E-state index contributed by atoms with van der Waals surface area (Å²) < 4.78 is 70.1. The molecule has 0 saturated carbocycles. The van der Waals surface area contributed by atoms with Crippen molar-refractivity contribution in [3.63, 3.8) is 0 Å². The SMILES string of the molecule is CC(=O)C(N=Nc1ccc(-c2ccc(N=NC(C(C)=O)C(=O)Nc3ccccc3Cl)cc2S(=O)(=O)O)c(S(=O)(=O)O)c1)C(=O)Nc1ccccc1Cl. The number of hydrogen-bond donors (Lipinski definition) is 4. The molecule has 0 spiro atoms. The average molecular weight is 790 g/mol. The molecule has 0 saturated heterocycles. The molecule has 0 aliphatic rings. The molecule has 0 heterocycles. The fraction of sp³-hybridized carbons (Fsp3) is 0.125. The van der Waals surface area contributed by atoms with Crippen LogP contribution in [0.3, 0.4) is 0 Å². The third-order valence-corrected chi connectivity index (χ3v) is 9.33. The smallest absolute Gasteiger partial charge is 0.295 e. The molecule has 4 aromatic rings. The molecular formula is C32H26Cl2N6O10S2. The van der Waals surface area contributed by atoms with Gasteiger partial charge < -0.3 is 10.6 Å². The number of carbonyl (C=O) groups excluding carboxylic acids is 4. The predicted molar refractivity (Wildman–Crippen MR) is 190 cm³/mol. The van der Waals surface area contributed by atoms with Crippen molar-refractivity contribution in [2.45, 2.75) is 35.7 Å². The summed E-state index contributed by atoms with van der Waals surface area (Å²) in [5.74, 6) is -3.26. The topological polar surface area (TPSA) is 251 Å². The van der Waals surface area contributed by atoms with Crippen LogP contribution in [0.2, 0.25) is 10.0 Å². The van der Waals surface area contributed by atoms with E-state index in [0.29, 0.717) is 0 Å². The van der Waals surface area contributed by atoms with Crippen molar-refractivity contribution in [3.8, 4) is 11.1 Å². The van der Waals surface area contributed by atoms with Crippen LogP contribution >= 0.6 is 23.2 Å². The molecule has 270 valence electrons. The molecule has 0 aliphatic carbocycles. The Morgan fingerprint density at radius 3 is 1.25 bits per heavy atom. The van der Waals surface area contributed by atoms with Crippen molar-refractivity contribution in [1.82, 2.24) is 0 Å². The molecule has 2 amide bonds. The summed E-state index contributed by atoms with van der Waals surface area (Å²) in [4.78, 5) is 48.2. The molecule has 0 aliphatic heterocycles. The predicted octanol–water partition coefficient (Wildman–Crippen LogP) is 6.51. The summed E-state index contributed by atoms with van der Waals surface area (Å²) in [5, 5.41) is 20.3. The second-order valence-electron chi connectivity index (χ2n) is 10.7. The van der Waals surface area contributed by atoms with Crippen molar-refractivity contribution in [3.05, 3.63) is 95.0 Å². The summed E-state index contributed by atoms with van der Waals surface area (Å²) in [6, 6.07) is 14.9. The fourth-order valence-corrected chi connectivity index (χ4v) is 6.25. The van der Waals surface area contributed by atoms with Crippen LogP contribution in [-0.2, 0) is 39.4 Å². The summed E-state index contributed by atoms with van der Waals surface area (Å²) in [7, 11) is -10.3. The summed E-state index contributed by atoms with van der Waals surface area (Å²) >= 11 is 12.1. The van der Waals surface area contributed by atoms with Gasteiger partial charge in [0.15, 0.2) is 11.6 Å². The highest BCUT2D eigenvalue weighted by atomic mass is 35.5. The van der Waals surface area contributed by atoms with E-state index in [1.54, 1.807) is 24.3 Å². The first kappa shape index (κ1) is 39.5. The van der Waals surface area contributed by atoms with E-state index in [4.69, 9.17) is 23.2 Å². The number of amides is 2. The lowest BCUT2D eigenvalue weighted by Crippen LogP contribution is -2.31. The first-order valence-corrected chi connectivity index (χ1v) is 18.2. The van der Waals surface area contributed by atoms with Gasteiger partial charge in [-0.05, 0) is 62.4 Å². The summed E-state index contributed by atoms with van der Waals surface area (Å²) in [5.41, 5.74) is -1.05. The number of carbonyl (C=O) groups is 4. The van der Waals surface area contributed by atoms with E-state index in [1.807, 2.05) is 0 Å². The molecule has 0 radical (unpaired) electrons. The number of azo groups is 2. The first-order valence-electron chi connectivity index (χ1n) is 14.5. The van der Waals surface area contributed by atoms with Gasteiger partial charge in [0, 0.05) is 11.1 Å². The Balaban J connectivity index is 1.69. The Bertz CT molecular complexity index is 2210. The van der Waals surface area contributed by atoms with E-state index in [-0.39, 0.29) is 32.8 Å². The highest BCUT2D eigenvalue weighted by Gasteiger charge is 2.27. The lowest BCUT2D eigenvalue weighted by atomic mass is 10.0. The lowest BCUT2D eigenvalue weighted by molar-refractivity contribution is -0.127. The molecule has 52 heavy (non-hydrogen) atoms. The van der Waals surface area contributed by atoms with Crippen molar-refractivity contribution < 1.29 is 45.1 Å². The Kier molecular flexibility index (Phi) is 12.5. The van der Waals surface area contributed by atoms with Crippen molar-refractivity contribution in [1.29, 1.82) is 0 Å². The van der Waals surface area contributed by atoms with Crippen molar-refractivity contribution >= 4 is 89.6 Å². The van der Waals surface area contributed by atoms with Gasteiger partial charge in [-0.1, -0.05) is 59.6 Å². The van der Waals surface area contributed by atoms with Gasteiger partial charge in [0.25, 0.3) is 32.1 Å². The second kappa shape index (κ2) is 16.4. The van der Waals surface area contributed by atoms with Crippen LogP contribution in [0, 0.1) is 0 Å². The van der Waals surface area contributed by atoms with Crippen molar-refractivity contribution in [2.75, 3.05) is 10.6 Å². The molecule has 20 heteroatoms. The number of hydrogen-bond acceptors (Lipinski definition) is 12. The van der Waals surface area contributed by atoms with Gasteiger partial charge in [0.1, 0.15) is 9.79 Å². The van der Waals surface area contributed by atoms with E-state index >= 15 is 0 Å². The minimum absolute atomic E-state index is 0.182. The number of anilines is 2. The number of halogens is 2. The Morgan fingerprint density at radius 2 is 0.942 bits per heavy atom. The van der Waals surface area contributed by atoms with E-state index in [1.165, 1.54) is 24.3 Å². The van der Waals surface area contributed by atoms with E-state index in [2.05, 4.69) is 31.1 Å². The maximum Gasteiger partial charge on any atom is 0.295 e. The first-order chi connectivity index (χ1) is 24.4. The lowest BCUT2D eigenvalue weighted by Gasteiger charge is -2.13. The summed E-state index contributed by atoms with van der Waals surface area (Å²) in [6.45, 7) is 2.14. The largest absolute Gasteiger partial charge is 0.322 e. The normalized spacial score (nSPS) is 13.1. The number of Topliss-reactive ketones (excluding diaryl/α,β-unsaturated/α-hetero) is 2. The molecule has 4 aromatic carbocycles. The maximum atomic E-state index is 12.8. The highest BCUT2D eigenvalue weighted by Crippen LogP contribution is 2.37. The van der Waals surface area contributed by atoms with Crippen molar-refractivity contribution in [2.24, 2.45) is 20.5 Å². The average Bonchev–Trinajstić information content (AvgIpc) is 3.06. The van der Waals surface area contributed by atoms with Crippen LogP contribution in [0.4, 0.5) is 22.7 Å². The molecule has 4 rings (SSSR count). The van der Waals surface area contributed by atoms with Crippen LogP contribution < -0.4 is 10.6 Å². The van der Waals surface area contributed by atoms with Gasteiger partial charge in [0.2, 0.25) is 12.1 Å². The van der Waals surface area contributed by atoms with Crippen LogP contribution in [0.1, 0.15) is 13.8 Å². The summed E-state index contributed by atoms with van der Waals surface area (Å²) in [6.07, 6.45) is 0. The molecule has 0 aromatic heterocycles. The zero-order chi connectivity index (χ0) is 38.4. The molecule has 2 unspecified atom stereocenters. The molecule has 0 bridgehead atoms. The standard InChI is InChI=1S/C32H26Cl2N6O10S2/c1-17(41)29(31(43)35-25-9-5-3-7-23(25)33)39-37-19-11-13-21(27(15-19)51(45,46)47)22-14-12-20(16-28(22)52(48,49)50)38-40-30(18(2)42)32(44)36-26-10-6-4-8-24(26)34/h3-16,29-30H,1-2H3,(H,35,43)(H,36,44)(H,45,46,47)(H,48,49,50). The Morgan fingerprint density at radius 1 is 0.596 bits per heavy atom. The molecule has 16 nitrogen and oxygen atoms in total. The zero-order valence-electron chi connectivity index (χ0n) is 26.8. The van der Waals surface area contributed by atoms with Gasteiger partial charge in [-0.3, -0.25) is 28.3 Å². The molecule has 2 atom stereocenters. The van der Waals surface area contributed by atoms with Crippen LogP contribution in [0.5, 0.6) is 0 Å². The number of rotatable bonds is 13. The number of ketones is 2. The van der Waals surface area contributed by atoms with Gasteiger partial charge in [0.05, 0.1) is 32.8 Å². The van der Waals surface area contributed by atoms with Crippen LogP contribution in [-0.4, -0.2) is 61.4 Å². The Labute approximate surface area is 306 Å². The van der Waals surface area contributed by atoms with E-state index in [9.17, 15) is 45.1 Å². The van der Waals surface area contributed by atoms with E-state index in [0.717, 1.165) is 50.2 Å². The minimum Gasteiger partial charge on any atom is -0.322 e. The molecular weight excluding hydrogens is 763 g/mol. The van der Waals surface area contributed by atoms with Gasteiger partial charge in [-0.15, -0.1) is 0 Å². The van der Waals surface area contributed by atoms with Crippen LogP contribution in [0.25, 0.3) is 11.1 Å². The highest BCUT2D eigenvalue weighted by molar-refractivity contribution is 7.86. The number of nitrogens with one attached hydrogen (secondary N) is 2. The zero-order valence-corrected chi connectivity index (χ0v) is 29.9.